The Bertz CT molecular complexity index is 1180. The highest BCUT2D eigenvalue weighted by Crippen LogP contribution is 2.22. The van der Waals surface area contributed by atoms with E-state index in [9.17, 15) is 0 Å². The average Bonchev–Trinajstić information content (AvgIpc) is 3.28. The largest absolute Gasteiger partial charge is 0.380 e. The smallest absolute Gasteiger partial charge is 0.163 e. The van der Waals surface area contributed by atoms with Gasteiger partial charge < -0.3 is 9.84 Å². The third-order valence-corrected chi connectivity index (χ3v) is 4.75. The van der Waals surface area contributed by atoms with Crippen LogP contribution in [0.3, 0.4) is 0 Å². The highest BCUT2D eigenvalue weighted by Gasteiger charge is 2.10. The molecule has 0 aliphatic rings. The molecule has 3 aromatic rings. The van der Waals surface area contributed by atoms with Crippen LogP contribution in [0.1, 0.15) is 62.4 Å². The summed E-state index contributed by atoms with van der Waals surface area (Å²) in [5, 5.41) is 7.44. The molecule has 3 heterocycles. The van der Waals surface area contributed by atoms with Crippen LogP contribution in [0.25, 0.3) is 22.5 Å². The second-order valence-electron chi connectivity index (χ2n) is 8.37. The van der Waals surface area contributed by atoms with Gasteiger partial charge in [0.2, 0.25) is 0 Å². The van der Waals surface area contributed by atoms with Crippen LogP contribution in [-0.2, 0) is 6.54 Å². The van der Waals surface area contributed by atoms with E-state index in [2.05, 4.69) is 60.4 Å². The number of aryl methyl sites for hydroxylation is 2. The van der Waals surface area contributed by atoms with Crippen LogP contribution in [0.15, 0.2) is 78.1 Å². The van der Waals surface area contributed by atoms with Crippen molar-refractivity contribution in [1.82, 2.24) is 20.4 Å². The number of allylic oxidation sites excluding steroid dienone is 5. The molecule has 0 aliphatic carbocycles. The van der Waals surface area contributed by atoms with Crippen molar-refractivity contribution in [3.05, 3.63) is 102 Å². The van der Waals surface area contributed by atoms with Crippen LogP contribution in [0.4, 0.5) is 0 Å². The van der Waals surface area contributed by atoms with Gasteiger partial charge in [-0.2, -0.15) is 0 Å². The van der Waals surface area contributed by atoms with Gasteiger partial charge in [-0.1, -0.05) is 68.5 Å². The number of pyridine rings is 2. The van der Waals surface area contributed by atoms with E-state index >= 15 is 0 Å². The molecule has 0 fully saturated rings. The SMILES string of the molecule is C=C(C)/C=C\C=C(/C)c1cc(C(=C)NCc2cnc(-c3ccnc(C)c3)c(C)c2)no1.CCC. The summed E-state index contributed by atoms with van der Waals surface area (Å²) in [6, 6.07) is 8.04. The molecule has 1 N–H and O–H groups in total. The van der Waals surface area contributed by atoms with Crippen LogP contribution >= 0.6 is 0 Å². The number of hydrogen-bond acceptors (Lipinski definition) is 5. The zero-order chi connectivity index (χ0) is 25.1. The Labute approximate surface area is 204 Å². The number of hydrogen-bond donors (Lipinski definition) is 1. The van der Waals surface area contributed by atoms with Crippen molar-refractivity contribution in [1.29, 1.82) is 0 Å². The average molecular weight is 457 g/mol. The summed E-state index contributed by atoms with van der Waals surface area (Å²) in [5.41, 5.74) is 8.56. The first-order chi connectivity index (χ1) is 16.2. The molecule has 3 rings (SSSR count). The Hall–Kier alpha value is -3.73. The molecule has 0 saturated carbocycles. The lowest BCUT2D eigenvalue weighted by atomic mass is 10.1. The van der Waals surface area contributed by atoms with Gasteiger partial charge in [0.05, 0.1) is 11.4 Å². The zero-order valence-electron chi connectivity index (χ0n) is 21.3. The van der Waals surface area contributed by atoms with E-state index in [-0.39, 0.29) is 0 Å². The second kappa shape index (κ2) is 13.1. The van der Waals surface area contributed by atoms with E-state index < -0.39 is 0 Å². The monoisotopic (exact) mass is 456 g/mol. The molecule has 34 heavy (non-hydrogen) atoms. The quantitative estimate of drug-likeness (QED) is 0.356. The highest BCUT2D eigenvalue weighted by atomic mass is 16.5. The minimum atomic E-state index is 0.598. The van der Waals surface area contributed by atoms with Crippen molar-refractivity contribution in [3.63, 3.8) is 0 Å². The van der Waals surface area contributed by atoms with Gasteiger partial charge in [0.15, 0.2) is 5.76 Å². The van der Waals surface area contributed by atoms with Crippen molar-refractivity contribution in [2.45, 2.75) is 54.5 Å². The lowest BCUT2D eigenvalue weighted by Gasteiger charge is -2.10. The number of rotatable bonds is 8. The summed E-state index contributed by atoms with van der Waals surface area (Å²) >= 11 is 0. The molecule has 178 valence electrons. The van der Waals surface area contributed by atoms with Gasteiger partial charge in [-0.05, 0) is 56.5 Å². The maximum absolute atomic E-state index is 5.46. The first-order valence-corrected chi connectivity index (χ1v) is 11.5. The van der Waals surface area contributed by atoms with E-state index in [0.717, 1.165) is 39.2 Å². The molecule has 5 nitrogen and oxygen atoms in total. The van der Waals surface area contributed by atoms with Crippen molar-refractivity contribution in [3.8, 4) is 11.3 Å². The molecule has 0 amide bonds. The van der Waals surface area contributed by atoms with Gasteiger partial charge in [0.1, 0.15) is 5.69 Å². The number of nitrogens with one attached hydrogen (secondary N) is 1. The maximum atomic E-state index is 5.46. The summed E-state index contributed by atoms with van der Waals surface area (Å²) in [7, 11) is 0. The molecule has 5 heteroatoms. The Balaban J connectivity index is 0.00000129. The first-order valence-electron chi connectivity index (χ1n) is 11.5. The summed E-state index contributed by atoms with van der Waals surface area (Å²) in [6.07, 6.45) is 10.8. The fourth-order valence-corrected chi connectivity index (χ4v) is 3.07. The fourth-order valence-electron chi connectivity index (χ4n) is 3.07. The summed E-state index contributed by atoms with van der Waals surface area (Å²) in [6.45, 7) is 20.8. The number of aromatic nitrogens is 3. The predicted octanol–water partition coefficient (Wildman–Crippen LogP) is 7.46. The van der Waals surface area contributed by atoms with Crippen molar-refractivity contribution in [2.75, 3.05) is 0 Å². The topological polar surface area (TPSA) is 63.8 Å². The molecule has 0 radical (unpaired) electrons. The zero-order valence-corrected chi connectivity index (χ0v) is 21.3. The molecule has 0 bridgehead atoms. The van der Waals surface area contributed by atoms with Gasteiger partial charge in [0, 0.05) is 36.3 Å². The van der Waals surface area contributed by atoms with Gasteiger partial charge in [-0.15, -0.1) is 0 Å². The molecule has 0 saturated heterocycles. The van der Waals surface area contributed by atoms with E-state index in [1.807, 2.05) is 69.6 Å². The molecule has 0 unspecified atom stereocenters. The summed E-state index contributed by atoms with van der Waals surface area (Å²) in [4.78, 5) is 8.91. The van der Waals surface area contributed by atoms with Gasteiger partial charge in [0.25, 0.3) is 0 Å². The molecule has 0 aliphatic heterocycles. The normalized spacial score (nSPS) is 11.2. The third-order valence-electron chi connectivity index (χ3n) is 4.75. The van der Waals surface area contributed by atoms with Crippen molar-refractivity contribution < 1.29 is 4.52 Å². The predicted molar refractivity (Wildman–Crippen MR) is 143 cm³/mol. The minimum Gasteiger partial charge on any atom is -0.380 e. The molecular weight excluding hydrogens is 420 g/mol. The summed E-state index contributed by atoms with van der Waals surface area (Å²) in [5.74, 6) is 0.707. The standard InChI is InChI=1S/C26H28N4O.C3H8/c1-17(2)8-7-9-18(3)25-14-24(30-31-25)21(6)28-15-22-12-19(4)26(29-16-22)23-10-11-27-20(5)13-23;1-3-2/h7-14,16,28H,1,6,15H2,2-5H3;3H2,1-2H3/b8-7-,18-9+;. The van der Waals surface area contributed by atoms with Crippen LogP contribution < -0.4 is 5.32 Å². The Morgan fingerprint density at radius 1 is 1.09 bits per heavy atom. The maximum Gasteiger partial charge on any atom is 0.163 e. The van der Waals surface area contributed by atoms with Crippen LogP contribution in [0.5, 0.6) is 0 Å². The van der Waals surface area contributed by atoms with E-state index in [4.69, 9.17) is 4.52 Å². The fraction of sp³-hybridized carbons (Fsp3) is 0.276. The van der Waals surface area contributed by atoms with E-state index in [1.54, 1.807) is 0 Å². The Morgan fingerprint density at radius 2 is 1.82 bits per heavy atom. The second-order valence-corrected chi connectivity index (χ2v) is 8.37. The van der Waals surface area contributed by atoms with Crippen LogP contribution in [0, 0.1) is 13.8 Å². The van der Waals surface area contributed by atoms with Gasteiger partial charge >= 0.3 is 0 Å². The molecule has 0 atom stereocenters. The first kappa shape index (κ1) is 26.5. The van der Waals surface area contributed by atoms with Crippen molar-refractivity contribution >= 4 is 11.3 Å². The van der Waals surface area contributed by atoms with Crippen LogP contribution in [0.2, 0.25) is 0 Å². The van der Waals surface area contributed by atoms with Crippen molar-refractivity contribution in [2.24, 2.45) is 0 Å². The van der Waals surface area contributed by atoms with Gasteiger partial charge in [-0.25, -0.2) is 0 Å². The molecule has 0 aromatic carbocycles. The third kappa shape index (κ3) is 8.00. The van der Waals surface area contributed by atoms with Crippen LogP contribution in [-0.4, -0.2) is 15.1 Å². The highest BCUT2D eigenvalue weighted by molar-refractivity contribution is 5.66. The Morgan fingerprint density at radius 3 is 2.47 bits per heavy atom. The van der Waals surface area contributed by atoms with E-state index in [0.29, 0.717) is 23.7 Å². The Kier molecular flexibility index (Phi) is 10.2. The molecule has 3 aromatic heterocycles. The lowest BCUT2D eigenvalue weighted by molar-refractivity contribution is 0.407. The molecular formula is C29H36N4O. The minimum absolute atomic E-state index is 0.598. The summed E-state index contributed by atoms with van der Waals surface area (Å²) < 4.78 is 5.46. The molecule has 0 spiro atoms. The number of nitrogens with zero attached hydrogens (tertiary/aromatic N) is 3. The van der Waals surface area contributed by atoms with E-state index in [1.165, 1.54) is 6.42 Å². The van der Waals surface area contributed by atoms with Gasteiger partial charge in [-0.3, -0.25) is 9.97 Å². The lowest BCUT2D eigenvalue weighted by Crippen LogP contribution is -2.11.